The van der Waals surface area contributed by atoms with Crippen LogP contribution in [0.5, 0.6) is 0 Å². The highest BCUT2D eigenvalue weighted by molar-refractivity contribution is 6.02. The van der Waals surface area contributed by atoms with Gasteiger partial charge in [-0.1, -0.05) is 36.4 Å². The Hall–Kier alpha value is -2.80. The third-order valence-electron chi connectivity index (χ3n) is 4.22. The van der Waals surface area contributed by atoms with Crippen molar-refractivity contribution < 1.29 is 14.2 Å². The molecule has 0 N–H and O–H groups in total. The van der Waals surface area contributed by atoms with Gasteiger partial charge in [0.1, 0.15) is 11.8 Å². The molecule has 4 aromatic rings. The number of imidazole rings is 1. The van der Waals surface area contributed by atoms with E-state index in [0.717, 1.165) is 27.6 Å². The number of benzene rings is 2. The lowest BCUT2D eigenvalue weighted by atomic mass is 10.2. The molecule has 0 saturated carbocycles. The van der Waals surface area contributed by atoms with E-state index in [1.54, 1.807) is 0 Å². The van der Waals surface area contributed by atoms with E-state index in [0.29, 0.717) is 19.8 Å². The Morgan fingerprint density at radius 3 is 2.03 bits per heavy atom. The highest BCUT2D eigenvalue weighted by atomic mass is 16.8. The van der Waals surface area contributed by atoms with Gasteiger partial charge in [-0.25, -0.2) is 4.98 Å². The fourth-order valence-corrected chi connectivity index (χ4v) is 2.98. The van der Waals surface area contributed by atoms with E-state index in [1.165, 1.54) is 0 Å². The Morgan fingerprint density at radius 1 is 0.759 bits per heavy atom. The molecule has 0 saturated heterocycles. The van der Waals surface area contributed by atoms with Crippen molar-refractivity contribution in [3.05, 3.63) is 67.1 Å². The lowest BCUT2D eigenvalue weighted by molar-refractivity contribution is -0.282. The zero-order valence-corrected chi connectivity index (χ0v) is 17.1. The predicted octanol–water partition coefficient (Wildman–Crippen LogP) is 4.95. The van der Waals surface area contributed by atoms with Crippen LogP contribution in [-0.4, -0.2) is 40.8 Å². The number of hydrogen-bond acceptors (Lipinski definition) is 5. The van der Waals surface area contributed by atoms with Crippen molar-refractivity contribution in [1.29, 1.82) is 0 Å². The third kappa shape index (κ3) is 5.17. The number of pyridine rings is 1. The molecule has 0 amide bonds. The maximum absolute atomic E-state index is 5.08. The molecule has 0 radical (unpaired) electrons. The fraction of sp³-hybridized carbons (Fsp3) is 0.304. The van der Waals surface area contributed by atoms with Gasteiger partial charge in [0, 0.05) is 30.9 Å². The molecule has 152 valence electrons. The molecule has 0 aliphatic carbocycles. The molecular formula is C23H27N3O3. The summed E-state index contributed by atoms with van der Waals surface area (Å²) in [5.41, 5.74) is 4.13. The summed E-state index contributed by atoms with van der Waals surface area (Å²) in [6, 6.07) is 18.4. The zero-order chi connectivity index (χ0) is 20.5. The van der Waals surface area contributed by atoms with Crippen LogP contribution < -0.4 is 0 Å². The second-order valence-corrected chi connectivity index (χ2v) is 6.11. The van der Waals surface area contributed by atoms with E-state index in [9.17, 15) is 0 Å². The average Bonchev–Trinajstić information content (AvgIpc) is 3.20. The Morgan fingerprint density at radius 2 is 1.38 bits per heavy atom. The number of aromatic nitrogens is 3. The first-order valence-electron chi connectivity index (χ1n) is 9.89. The van der Waals surface area contributed by atoms with Crippen molar-refractivity contribution in [1.82, 2.24) is 14.5 Å². The van der Waals surface area contributed by atoms with Crippen LogP contribution in [0.1, 0.15) is 20.8 Å². The van der Waals surface area contributed by atoms with Crippen molar-refractivity contribution in [2.24, 2.45) is 0 Å². The van der Waals surface area contributed by atoms with Crippen molar-refractivity contribution in [3.8, 4) is 5.69 Å². The molecule has 6 nitrogen and oxygen atoms in total. The number of rotatable bonds is 7. The Bertz CT molecular complexity index is 1000. The van der Waals surface area contributed by atoms with Crippen LogP contribution in [-0.2, 0) is 14.2 Å². The summed E-state index contributed by atoms with van der Waals surface area (Å²) < 4.78 is 17.3. The third-order valence-corrected chi connectivity index (χ3v) is 4.22. The Balaban J connectivity index is 0.000000207. The molecule has 0 aliphatic heterocycles. The summed E-state index contributed by atoms with van der Waals surface area (Å²) in [5.74, 6) is 0. The minimum Gasteiger partial charge on any atom is -0.330 e. The summed E-state index contributed by atoms with van der Waals surface area (Å²) in [6.45, 7) is 7.10. The van der Waals surface area contributed by atoms with Gasteiger partial charge in [0.15, 0.2) is 0 Å². The highest BCUT2D eigenvalue weighted by Gasteiger charge is 2.08. The van der Waals surface area contributed by atoms with Crippen LogP contribution in [0.2, 0.25) is 0 Å². The summed E-state index contributed by atoms with van der Waals surface area (Å²) in [5, 5.41) is 1.13. The van der Waals surface area contributed by atoms with Crippen molar-refractivity contribution >= 4 is 21.9 Å². The van der Waals surface area contributed by atoms with Crippen molar-refractivity contribution in [3.63, 3.8) is 0 Å². The molecule has 6 heteroatoms. The second-order valence-electron chi connectivity index (χ2n) is 6.11. The minimum absolute atomic E-state index is 0.472. The van der Waals surface area contributed by atoms with Gasteiger partial charge in [-0.2, -0.15) is 0 Å². The van der Waals surface area contributed by atoms with E-state index in [-0.39, 0.29) is 0 Å². The summed E-state index contributed by atoms with van der Waals surface area (Å²) >= 11 is 0. The van der Waals surface area contributed by atoms with E-state index in [4.69, 9.17) is 14.2 Å². The smallest absolute Gasteiger partial charge is 0.271 e. The van der Waals surface area contributed by atoms with E-state index in [1.807, 2.05) is 69.7 Å². The maximum atomic E-state index is 5.08. The van der Waals surface area contributed by atoms with Crippen molar-refractivity contribution in [2.45, 2.75) is 27.2 Å². The van der Waals surface area contributed by atoms with E-state index < -0.39 is 6.48 Å². The lowest BCUT2D eigenvalue weighted by Crippen LogP contribution is -2.20. The van der Waals surface area contributed by atoms with Crippen molar-refractivity contribution in [2.75, 3.05) is 19.8 Å². The fourth-order valence-electron chi connectivity index (χ4n) is 2.98. The molecule has 2 aromatic heterocycles. The summed E-state index contributed by atoms with van der Waals surface area (Å²) in [4.78, 5) is 8.89. The van der Waals surface area contributed by atoms with Gasteiger partial charge in [0.25, 0.3) is 6.48 Å². The normalized spacial score (nSPS) is 11.0. The molecule has 0 fully saturated rings. The first-order valence-corrected chi connectivity index (χ1v) is 9.89. The zero-order valence-electron chi connectivity index (χ0n) is 17.1. The number of para-hydroxylation sites is 2. The van der Waals surface area contributed by atoms with Crippen LogP contribution in [0, 0.1) is 0 Å². The first kappa shape index (κ1) is 20.9. The molecule has 0 aliphatic rings. The van der Waals surface area contributed by atoms with Gasteiger partial charge >= 0.3 is 0 Å². The maximum Gasteiger partial charge on any atom is 0.271 e. The van der Waals surface area contributed by atoms with Gasteiger partial charge in [-0.3, -0.25) is 9.55 Å². The van der Waals surface area contributed by atoms with Crippen LogP contribution in [0.25, 0.3) is 27.6 Å². The monoisotopic (exact) mass is 393 g/mol. The number of fused-ring (bicyclic) bond motifs is 3. The van der Waals surface area contributed by atoms with Gasteiger partial charge in [-0.15, -0.1) is 0 Å². The topological polar surface area (TPSA) is 58.4 Å². The molecule has 2 heterocycles. The standard InChI is InChI=1S/C16H11N3.C7H16O3/c1-2-6-12(7-3-1)19-11-18-15-10-17-14-9-5-4-8-13(14)16(15)19;1-4-8-7(9-5-2)10-6-3/h1-11H;7H,4-6H2,1-3H3. The number of ether oxygens (including phenoxy) is 3. The molecule has 29 heavy (non-hydrogen) atoms. The van der Waals surface area contributed by atoms with Gasteiger partial charge in [-0.05, 0) is 39.0 Å². The Labute approximate surface area is 171 Å². The first-order chi connectivity index (χ1) is 14.3. The molecule has 0 unspecified atom stereocenters. The largest absolute Gasteiger partial charge is 0.330 e. The van der Waals surface area contributed by atoms with Gasteiger partial charge < -0.3 is 14.2 Å². The van der Waals surface area contributed by atoms with Crippen LogP contribution in [0.3, 0.4) is 0 Å². The SMILES string of the molecule is CCOC(OCC)OCC.c1ccc(-n2cnc3cnc4ccccc4c32)cc1. The molecule has 4 rings (SSSR count). The minimum atomic E-state index is -0.472. The number of hydrogen-bond donors (Lipinski definition) is 0. The second kappa shape index (κ2) is 10.7. The Kier molecular flexibility index (Phi) is 7.69. The summed E-state index contributed by atoms with van der Waals surface area (Å²) in [7, 11) is 0. The van der Waals surface area contributed by atoms with Crippen LogP contribution >= 0.6 is 0 Å². The number of nitrogens with zero attached hydrogens (tertiary/aromatic N) is 3. The molecular weight excluding hydrogens is 366 g/mol. The van der Waals surface area contributed by atoms with Crippen LogP contribution in [0.4, 0.5) is 0 Å². The van der Waals surface area contributed by atoms with E-state index in [2.05, 4.69) is 32.7 Å². The summed E-state index contributed by atoms with van der Waals surface area (Å²) in [6.07, 6.45) is 3.69. The van der Waals surface area contributed by atoms with E-state index >= 15 is 0 Å². The average molecular weight is 393 g/mol. The molecule has 0 atom stereocenters. The van der Waals surface area contributed by atoms with Crippen LogP contribution in [0.15, 0.2) is 67.1 Å². The molecule has 0 spiro atoms. The molecule has 0 bridgehead atoms. The van der Waals surface area contributed by atoms with Gasteiger partial charge in [0.2, 0.25) is 0 Å². The highest BCUT2D eigenvalue weighted by Crippen LogP contribution is 2.25. The van der Waals surface area contributed by atoms with Gasteiger partial charge in [0.05, 0.1) is 17.2 Å². The lowest BCUT2D eigenvalue weighted by Gasteiger charge is -2.15. The quantitative estimate of drug-likeness (QED) is 0.416. The molecule has 2 aromatic carbocycles. The predicted molar refractivity (Wildman–Crippen MR) is 115 cm³/mol.